The van der Waals surface area contributed by atoms with Crippen LogP contribution in [0, 0.1) is 6.92 Å². The number of amides is 2. The summed E-state index contributed by atoms with van der Waals surface area (Å²) < 4.78 is 0. The minimum Gasteiger partial charge on any atom is -0.369 e. The van der Waals surface area contributed by atoms with Gasteiger partial charge in [-0.25, -0.2) is 0 Å². The highest BCUT2D eigenvalue weighted by Gasteiger charge is 2.22. The lowest BCUT2D eigenvalue weighted by Crippen LogP contribution is -2.46. The first-order valence-electron chi connectivity index (χ1n) is 13.7. The molecule has 0 unspecified atom stereocenters. The van der Waals surface area contributed by atoms with Crippen molar-refractivity contribution in [2.45, 2.75) is 26.3 Å². The fraction of sp³-hybridized carbons (Fsp3) is 0.533. The minimum atomic E-state index is -0.570. The van der Waals surface area contributed by atoms with Gasteiger partial charge in [-0.1, -0.05) is 24.3 Å². The molecule has 0 atom stereocenters. The predicted octanol–water partition coefficient (Wildman–Crippen LogP) is 2.99. The second kappa shape index (κ2) is 14.9. The van der Waals surface area contributed by atoms with Crippen molar-refractivity contribution in [3.05, 3.63) is 59.7 Å². The van der Waals surface area contributed by atoms with Gasteiger partial charge in [0.25, 0.3) is 0 Å². The zero-order valence-electron chi connectivity index (χ0n) is 23.9. The molecule has 0 radical (unpaired) electrons. The molecule has 8 heteroatoms. The summed E-state index contributed by atoms with van der Waals surface area (Å²) in [4.78, 5) is 36.5. The maximum absolute atomic E-state index is 13.0. The molecule has 1 saturated heterocycles. The molecule has 2 aromatic carbocycles. The molecule has 1 N–H and O–H groups in total. The van der Waals surface area contributed by atoms with Crippen LogP contribution in [0.4, 0.5) is 11.4 Å². The second-order valence-corrected chi connectivity index (χ2v) is 10.9. The van der Waals surface area contributed by atoms with Crippen LogP contribution in [-0.2, 0) is 16.1 Å². The van der Waals surface area contributed by atoms with Gasteiger partial charge in [-0.05, 0) is 96.4 Å². The Kier molecular flexibility index (Phi) is 11.6. The van der Waals surface area contributed by atoms with Crippen molar-refractivity contribution in [2.75, 3.05) is 90.8 Å². The van der Waals surface area contributed by atoms with E-state index in [4.69, 9.17) is 0 Å². The lowest BCUT2D eigenvalue weighted by Gasteiger charge is -2.36. The molecule has 208 valence electrons. The van der Waals surface area contributed by atoms with Crippen molar-refractivity contribution in [3.8, 4) is 0 Å². The molecule has 1 aliphatic rings. The molecule has 0 bridgehead atoms. The number of rotatable bonds is 12. The molecule has 0 aliphatic carbocycles. The molecule has 2 amide bonds. The van der Waals surface area contributed by atoms with Crippen molar-refractivity contribution in [1.82, 2.24) is 19.6 Å². The van der Waals surface area contributed by atoms with Crippen LogP contribution in [0.5, 0.6) is 0 Å². The molecular weight excluding hydrogens is 476 g/mol. The van der Waals surface area contributed by atoms with Crippen molar-refractivity contribution in [3.63, 3.8) is 0 Å². The number of hydrogen-bond donors (Lipinski definition) is 1. The monoisotopic (exact) mass is 522 g/mol. The largest absolute Gasteiger partial charge is 0.369 e. The van der Waals surface area contributed by atoms with Gasteiger partial charge >= 0.3 is 11.8 Å². The van der Waals surface area contributed by atoms with Gasteiger partial charge in [0.1, 0.15) is 0 Å². The summed E-state index contributed by atoms with van der Waals surface area (Å²) >= 11 is 0. The van der Waals surface area contributed by atoms with Crippen molar-refractivity contribution in [2.24, 2.45) is 0 Å². The van der Waals surface area contributed by atoms with Gasteiger partial charge in [0.2, 0.25) is 0 Å². The van der Waals surface area contributed by atoms with E-state index in [0.29, 0.717) is 18.8 Å². The van der Waals surface area contributed by atoms with Gasteiger partial charge in [-0.3, -0.25) is 14.5 Å². The molecule has 3 rings (SSSR count). The Bertz CT molecular complexity index is 1000. The van der Waals surface area contributed by atoms with Crippen molar-refractivity contribution >= 4 is 23.2 Å². The molecule has 0 aromatic heterocycles. The van der Waals surface area contributed by atoms with Crippen molar-refractivity contribution < 1.29 is 9.59 Å². The summed E-state index contributed by atoms with van der Waals surface area (Å²) in [5.41, 5.74) is 4.44. The number of aryl methyl sites for hydroxylation is 1. The zero-order chi connectivity index (χ0) is 27.5. The van der Waals surface area contributed by atoms with E-state index in [1.807, 2.05) is 52.5 Å². The number of nitrogens with zero attached hydrogens (tertiary/aromatic N) is 5. The van der Waals surface area contributed by atoms with Crippen LogP contribution in [0.25, 0.3) is 0 Å². The van der Waals surface area contributed by atoms with Crippen LogP contribution < -0.4 is 10.2 Å². The summed E-state index contributed by atoms with van der Waals surface area (Å²) in [5, 5.41) is 2.81. The Morgan fingerprint density at radius 2 is 1.42 bits per heavy atom. The summed E-state index contributed by atoms with van der Waals surface area (Å²) in [6, 6.07) is 16.6. The first-order chi connectivity index (χ1) is 18.2. The molecule has 0 saturated carbocycles. The Morgan fingerprint density at radius 1 is 0.816 bits per heavy atom. The first kappa shape index (κ1) is 29.6. The number of carbonyl (C=O) groups is 2. The highest BCUT2D eigenvalue weighted by atomic mass is 16.2. The molecular formula is C30H46N6O2. The van der Waals surface area contributed by atoms with Crippen LogP contribution in [-0.4, -0.2) is 112 Å². The van der Waals surface area contributed by atoms with Crippen LogP contribution in [0.2, 0.25) is 0 Å². The van der Waals surface area contributed by atoms with Crippen LogP contribution >= 0.6 is 0 Å². The highest BCUT2D eigenvalue weighted by Crippen LogP contribution is 2.19. The third-order valence-corrected chi connectivity index (χ3v) is 6.91. The van der Waals surface area contributed by atoms with Crippen LogP contribution in [0.15, 0.2) is 48.5 Å². The van der Waals surface area contributed by atoms with E-state index in [9.17, 15) is 9.59 Å². The molecule has 1 heterocycles. The summed E-state index contributed by atoms with van der Waals surface area (Å²) in [6.07, 6.45) is 1.67. The number of benzene rings is 2. The molecule has 1 aliphatic heterocycles. The van der Waals surface area contributed by atoms with E-state index < -0.39 is 11.8 Å². The molecule has 38 heavy (non-hydrogen) atoms. The van der Waals surface area contributed by atoms with Crippen molar-refractivity contribution in [1.29, 1.82) is 0 Å². The average molecular weight is 523 g/mol. The van der Waals surface area contributed by atoms with Gasteiger partial charge in [-0.15, -0.1) is 0 Å². The maximum atomic E-state index is 13.0. The maximum Gasteiger partial charge on any atom is 0.313 e. The van der Waals surface area contributed by atoms with Crippen LogP contribution in [0.3, 0.4) is 0 Å². The summed E-state index contributed by atoms with van der Waals surface area (Å²) in [7, 11) is 8.06. The Balaban J connectivity index is 1.48. The van der Waals surface area contributed by atoms with E-state index in [1.165, 1.54) is 16.8 Å². The van der Waals surface area contributed by atoms with E-state index in [1.54, 1.807) is 4.90 Å². The minimum absolute atomic E-state index is 0.460. The number of anilines is 2. The number of carbonyl (C=O) groups excluding carboxylic acids is 2. The smallest absolute Gasteiger partial charge is 0.313 e. The number of hydrogen-bond acceptors (Lipinski definition) is 6. The first-order valence-corrected chi connectivity index (χ1v) is 13.7. The molecule has 0 spiro atoms. The third kappa shape index (κ3) is 9.74. The van der Waals surface area contributed by atoms with E-state index in [2.05, 4.69) is 56.1 Å². The van der Waals surface area contributed by atoms with E-state index in [0.717, 1.165) is 58.7 Å². The third-order valence-electron chi connectivity index (χ3n) is 6.91. The molecule has 1 fully saturated rings. The molecule has 2 aromatic rings. The Hall–Kier alpha value is -2.94. The standard InChI is InChI=1S/C30H46N6O2/c1-25-9-6-10-28(23-25)35-21-19-34(20-22-35)24-26-11-13-27(14-12-26)31-29(37)30(38)36(17-7-15-32(2)3)18-8-16-33(4)5/h6,9-14,23H,7-8,15-22,24H2,1-5H3,(H,31,37). The lowest BCUT2D eigenvalue weighted by atomic mass is 10.1. The zero-order valence-corrected chi connectivity index (χ0v) is 23.9. The lowest BCUT2D eigenvalue weighted by molar-refractivity contribution is -0.143. The van der Waals surface area contributed by atoms with Gasteiger partial charge < -0.3 is 24.9 Å². The Labute approximate surface area is 229 Å². The fourth-order valence-electron chi connectivity index (χ4n) is 4.74. The van der Waals surface area contributed by atoms with Gasteiger partial charge in [0, 0.05) is 57.2 Å². The summed E-state index contributed by atoms with van der Waals surface area (Å²) in [5.74, 6) is -1.03. The Morgan fingerprint density at radius 3 is 1.97 bits per heavy atom. The topological polar surface area (TPSA) is 62.4 Å². The normalized spacial score (nSPS) is 14.2. The predicted molar refractivity (Wildman–Crippen MR) is 157 cm³/mol. The average Bonchev–Trinajstić information content (AvgIpc) is 2.88. The second-order valence-electron chi connectivity index (χ2n) is 10.9. The molecule has 8 nitrogen and oxygen atoms in total. The van der Waals surface area contributed by atoms with Gasteiger partial charge in [0.05, 0.1) is 0 Å². The quantitative estimate of drug-likeness (QED) is 0.433. The van der Waals surface area contributed by atoms with Gasteiger partial charge in [-0.2, -0.15) is 0 Å². The highest BCUT2D eigenvalue weighted by molar-refractivity contribution is 6.39. The summed E-state index contributed by atoms with van der Waals surface area (Å²) in [6.45, 7) is 9.97. The number of piperazine rings is 1. The van der Waals surface area contributed by atoms with Gasteiger partial charge in [0.15, 0.2) is 0 Å². The number of nitrogens with one attached hydrogen (secondary N) is 1. The fourth-order valence-corrected chi connectivity index (χ4v) is 4.74. The van der Waals surface area contributed by atoms with E-state index >= 15 is 0 Å². The van der Waals surface area contributed by atoms with E-state index in [-0.39, 0.29) is 0 Å². The SMILES string of the molecule is Cc1cccc(N2CCN(Cc3ccc(NC(=O)C(=O)N(CCCN(C)C)CCCN(C)C)cc3)CC2)c1. The van der Waals surface area contributed by atoms with Crippen LogP contribution in [0.1, 0.15) is 24.0 Å².